The quantitative estimate of drug-likeness (QED) is 0.476. The Morgan fingerprint density at radius 3 is 2.38 bits per heavy atom. The van der Waals surface area contributed by atoms with Gasteiger partial charge in [-0.25, -0.2) is 9.98 Å². The van der Waals surface area contributed by atoms with Crippen molar-refractivity contribution < 1.29 is 19.1 Å². The van der Waals surface area contributed by atoms with Crippen molar-refractivity contribution in [1.29, 1.82) is 0 Å². The molecule has 9 nitrogen and oxygen atoms in total. The number of piperazine rings is 1. The van der Waals surface area contributed by atoms with Gasteiger partial charge in [-0.05, 0) is 32.0 Å². The number of hydrogen-bond acceptors (Lipinski definition) is 6. The van der Waals surface area contributed by atoms with Crippen LogP contribution in [0, 0.1) is 0 Å². The highest BCUT2D eigenvalue weighted by molar-refractivity contribution is 6.45. The minimum Gasteiger partial charge on any atom is -0.474 e. The number of ether oxygens (including phenoxy) is 1. The van der Waals surface area contributed by atoms with E-state index in [1.165, 1.54) is 11.1 Å². The van der Waals surface area contributed by atoms with Gasteiger partial charge >= 0.3 is 0 Å². The van der Waals surface area contributed by atoms with Crippen LogP contribution in [0.2, 0.25) is 0 Å². The van der Waals surface area contributed by atoms with Gasteiger partial charge in [0, 0.05) is 49.5 Å². The van der Waals surface area contributed by atoms with Gasteiger partial charge in [-0.15, -0.1) is 0 Å². The SMILES string of the molecule is CC1(C)COC(c2nccc3c(C(=O)C(=O)N4CCN(C(=O)c5ccccc5)CC4)c[nH]c23)=N1. The van der Waals surface area contributed by atoms with Crippen molar-refractivity contribution in [3.05, 3.63) is 65.6 Å². The van der Waals surface area contributed by atoms with E-state index in [0.717, 1.165) is 0 Å². The summed E-state index contributed by atoms with van der Waals surface area (Å²) in [6.45, 7) is 5.74. The van der Waals surface area contributed by atoms with Gasteiger partial charge in [0.15, 0.2) is 0 Å². The summed E-state index contributed by atoms with van der Waals surface area (Å²) in [5.74, 6) is -0.833. The van der Waals surface area contributed by atoms with Crippen LogP contribution in [0.25, 0.3) is 10.9 Å². The average molecular weight is 460 g/mol. The highest BCUT2D eigenvalue weighted by Crippen LogP contribution is 2.26. The first-order chi connectivity index (χ1) is 16.3. The molecular formula is C25H25N5O4. The Labute approximate surface area is 196 Å². The standard InChI is InChI=1S/C25H25N5O4/c1-25(2)15-34-22(28-25)20-19-17(8-9-26-20)18(14-27-19)21(31)24(33)30-12-10-29(11-13-30)23(32)16-6-4-3-5-7-16/h3-9,14,27H,10-13,15H2,1-2H3. The number of carbonyl (C=O) groups is 3. The summed E-state index contributed by atoms with van der Waals surface area (Å²) in [6.07, 6.45) is 3.11. The zero-order valence-corrected chi connectivity index (χ0v) is 19.1. The number of hydrogen-bond donors (Lipinski definition) is 1. The number of Topliss-reactive ketones (excluding diaryl/α,β-unsaturated/α-hetero) is 1. The molecule has 0 radical (unpaired) electrons. The van der Waals surface area contributed by atoms with E-state index in [-0.39, 0.29) is 17.0 Å². The second-order valence-electron chi connectivity index (χ2n) is 9.08. The lowest BCUT2D eigenvalue weighted by atomic mass is 10.1. The van der Waals surface area contributed by atoms with Crippen molar-refractivity contribution >= 4 is 34.4 Å². The van der Waals surface area contributed by atoms with Gasteiger partial charge in [0.2, 0.25) is 5.90 Å². The van der Waals surface area contributed by atoms with Crippen LogP contribution in [0.1, 0.15) is 40.3 Å². The Balaban J connectivity index is 1.31. The molecule has 3 aromatic rings. The van der Waals surface area contributed by atoms with E-state index in [1.54, 1.807) is 29.3 Å². The van der Waals surface area contributed by atoms with Crippen molar-refractivity contribution in [2.24, 2.45) is 4.99 Å². The van der Waals surface area contributed by atoms with E-state index >= 15 is 0 Å². The molecule has 2 aromatic heterocycles. The normalized spacial score (nSPS) is 17.4. The number of aromatic amines is 1. The smallest absolute Gasteiger partial charge is 0.295 e. The molecule has 0 unspecified atom stereocenters. The number of rotatable bonds is 4. The van der Waals surface area contributed by atoms with Crippen LogP contribution in [0.15, 0.2) is 53.8 Å². The fourth-order valence-electron chi connectivity index (χ4n) is 4.24. The number of pyridine rings is 1. The summed E-state index contributed by atoms with van der Waals surface area (Å²) >= 11 is 0. The van der Waals surface area contributed by atoms with E-state index in [2.05, 4.69) is 15.0 Å². The van der Waals surface area contributed by atoms with Gasteiger partial charge in [0.25, 0.3) is 17.6 Å². The third kappa shape index (κ3) is 3.93. The van der Waals surface area contributed by atoms with Gasteiger partial charge in [-0.3, -0.25) is 14.4 Å². The number of nitrogens with one attached hydrogen (secondary N) is 1. The summed E-state index contributed by atoms with van der Waals surface area (Å²) < 4.78 is 5.71. The van der Waals surface area contributed by atoms with Gasteiger partial charge in [0.05, 0.1) is 16.6 Å². The van der Waals surface area contributed by atoms with E-state index in [1.807, 2.05) is 32.0 Å². The van der Waals surface area contributed by atoms with Gasteiger partial charge < -0.3 is 19.5 Å². The molecule has 1 N–H and O–H groups in total. The van der Waals surface area contributed by atoms with Crippen molar-refractivity contribution in [1.82, 2.24) is 19.8 Å². The first-order valence-electron chi connectivity index (χ1n) is 11.2. The molecule has 9 heteroatoms. The molecule has 34 heavy (non-hydrogen) atoms. The maximum Gasteiger partial charge on any atom is 0.295 e. The molecule has 2 aliphatic rings. The molecule has 0 saturated carbocycles. The maximum absolute atomic E-state index is 13.1. The number of amides is 2. The zero-order valence-electron chi connectivity index (χ0n) is 19.1. The van der Waals surface area contributed by atoms with Crippen LogP contribution < -0.4 is 0 Å². The summed E-state index contributed by atoms with van der Waals surface area (Å²) in [4.78, 5) is 54.0. The number of ketones is 1. The van der Waals surface area contributed by atoms with Crippen molar-refractivity contribution in [2.75, 3.05) is 32.8 Å². The van der Waals surface area contributed by atoms with E-state index in [9.17, 15) is 14.4 Å². The fraction of sp³-hybridized carbons (Fsp3) is 0.320. The molecule has 0 bridgehead atoms. The number of benzene rings is 1. The Morgan fingerprint density at radius 1 is 1.00 bits per heavy atom. The van der Waals surface area contributed by atoms with E-state index < -0.39 is 11.7 Å². The number of nitrogens with zero attached hydrogens (tertiary/aromatic N) is 4. The molecule has 2 amide bonds. The first-order valence-corrected chi connectivity index (χ1v) is 11.2. The summed E-state index contributed by atoms with van der Waals surface area (Å²) in [5, 5.41) is 0.595. The lowest BCUT2D eigenvalue weighted by molar-refractivity contribution is -0.127. The molecule has 0 spiro atoms. The number of fused-ring (bicyclic) bond motifs is 1. The van der Waals surface area contributed by atoms with Gasteiger partial charge in [0.1, 0.15) is 12.3 Å². The van der Waals surface area contributed by atoms with Crippen LogP contribution in [-0.4, -0.2) is 81.6 Å². The van der Waals surface area contributed by atoms with Crippen molar-refractivity contribution in [3.8, 4) is 0 Å². The number of aromatic nitrogens is 2. The zero-order chi connectivity index (χ0) is 23.9. The molecule has 5 rings (SSSR count). The molecule has 1 fully saturated rings. The first kappa shape index (κ1) is 21.8. The summed E-state index contributed by atoms with van der Waals surface area (Å²) in [7, 11) is 0. The molecule has 0 aliphatic carbocycles. The molecule has 4 heterocycles. The highest BCUT2D eigenvalue weighted by atomic mass is 16.5. The minimum absolute atomic E-state index is 0.0732. The summed E-state index contributed by atoms with van der Waals surface area (Å²) in [6, 6.07) is 10.7. The second kappa shape index (κ2) is 8.40. The van der Waals surface area contributed by atoms with Gasteiger partial charge in [-0.2, -0.15) is 0 Å². The highest BCUT2D eigenvalue weighted by Gasteiger charge is 2.32. The molecule has 1 saturated heterocycles. The van der Waals surface area contributed by atoms with Crippen molar-refractivity contribution in [2.45, 2.75) is 19.4 Å². The monoisotopic (exact) mass is 459 g/mol. The van der Waals surface area contributed by atoms with Crippen LogP contribution >= 0.6 is 0 Å². The van der Waals surface area contributed by atoms with Gasteiger partial charge in [-0.1, -0.05) is 18.2 Å². The minimum atomic E-state index is -0.596. The Hall–Kier alpha value is -4.01. The maximum atomic E-state index is 13.1. The van der Waals surface area contributed by atoms with Crippen LogP contribution in [0.4, 0.5) is 0 Å². The number of aliphatic imine (C=N–C) groups is 1. The lowest BCUT2D eigenvalue weighted by Crippen LogP contribution is -2.52. The van der Waals surface area contributed by atoms with Crippen LogP contribution in [0.3, 0.4) is 0 Å². The molecule has 2 aliphatic heterocycles. The lowest BCUT2D eigenvalue weighted by Gasteiger charge is -2.34. The predicted octanol–water partition coefficient (Wildman–Crippen LogP) is 2.29. The molecule has 174 valence electrons. The summed E-state index contributed by atoms with van der Waals surface area (Å²) in [5.41, 5.74) is 1.67. The Morgan fingerprint density at radius 2 is 1.71 bits per heavy atom. The van der Waals surface area contributed by atoms with Crippen LogP contribution in [0.5, 0.6) is 0 Å². The second-order valence-corrected chi connectivity index (χ2v) is 9.08. The number of H-pyrrole nitrogens is 1. The average Bonchev–Trinajstić information content (AvgIpc) is 3.46. The third-order valence-corrected chi connectivity index (χ3v) is 6.08. The predicted molar refractivity (Wildman–Crippen MR) is 126 cm³/mol. The van der Waals surface area contributed by atoms with Crippen molar-refractivity contribution in [3.63, 3.8) is 0 Å². The number of carbonyl (C=O) groups excluding carboxylic acids is 3. The molecular weight excluding hydrogens is 434 g/mol. The fourth-order valence-corrected chi connectivity index (χ4v) is 4.24. The Bertz CT molecular complexity index is 1300. The largest absolute Gasteiger partial charge is 0.474 e. The van der Waals surface area contributed by atoms with Crippen LogP contribution in [-0.2, 0) is 9.53 Å². The third-order valence-electron chi connectivity index (χ3n) is 6.08. The van der Waals surface area contributed by atoms with E-state index in [0.29, 0.717) is 60.8 Å². The van der Waals surface area contributed by atoms with E-state index in [4.69, 9.17) is 4.74 Å². The topological polar surface area (TPSA) is 108 Å². The molecule has 0 atom stereocenters. The Kier molecular flexibility index (Phi) is 5.39. The molecule has 1 aromatic carbocycles.